The van der Waals surface area contributed by atoms with Gasteiger partial charge < -0.3 is 15.1 Å². The summed E-state index contributed by atoms with van der Waals surface area (Å²) in [6.45, 7) is 7.09. The summed E-state index contributed by atoms with van der Waals surface area (Å²) in [7, 11) is -3.23. The van der Waals surface area contributed by atoms with E-state index in [4.69, 9.17) is 0 Å². The van der Waals surface area contributed by atoms with E-state index in [1.165, 1.54) is 34.4 Å². The number of nitrogens with zero attached hydrogens (tertiary/aromatic N) is 3. The van der Waals surface area contributed by atoms with Crippen LogP contribution in [-0.2, 0) is 9.84 Å². The van der Waals surface area contributed by atoms with Gasteiger partial charge in [-0.05, 0) is 55.3 Å². The number of aromatic nitrogens is 1. The van der Waals surface area contributed by atoms with Gasteiger partial charge in [-0.25, -0.2) is 13.4 Å². The Morgan fingerprint density at radius 2 is 1.72 bits per heavy atom. The Kier molecular flexibility index (Phi) is 6.21. The molecule has 1 fully saturated rings. The number of thiazole rings is 1. The van der Waals surface area contributed by atoms with Crippen molar-refractivity contribution >= 4 is 43.6 Å². The Morgan fingerprint density at radius 3 is 2.38 bits per heavy atom. The fourth-order valence-corrected chi connectivity index (χ4v) is 5.05. The second kappa shape index (κ2) is 8.91. The molecule has 168 valence electrons. The van der Waals surface area contributed by atoms with Crippen molar-refractivity contribution in [3.8, 4) is 0 Å². The van der Waals surface area contributed by atoms with Crippen LogP contribution in [0.15, 0.2) is 52.7 Å². The largest absolute Gasteiger partial charge is 0.368 e. The molecule has 1 saturated heterocycles. The summed E-state index contributed by atoms with van der Waals surface area (Å²) < 4.78 is 23.2. The molecule has 0 spiro atoms. The molecule has 1 aliphatic rings. The van der Waals surface area contributed by atoms with Gasteiger partial charge in [0.1, 0.15) is 5.69 Å². The van der Waals surface area contributed by atoms with Crippen molar-refractivity contribution in [1.82, 2.24) is 9.88 Å². The summed E-state index contributed by atoms with van der Waals surface area (Å²) in [6, 6.07) is 12.9. The van der Waals surface area contributed by atoms with Crippen LogP contribution in [0.4, 0.5) is 16.5 Å². The molecule has 0 bridgehead atoms. The summed E-state index contributed by atoms with van der Waals surface area (Å²) in [5, 5.41) is 5.48. The molecule has 7 nitrogen and oxygen atoms in total. The van der Waals surface area contributed by atoms with Crippen LogP contribution in [0.5, 0.6) is 0 Å². The molecular weight excluding hydrogens is 444 g/mol. The van der Waals surface area contributed by atoms with E-state index in [-0.39, 0.29) is 10.8 Å². The minimum absolute atomic E-state index is 0.0673. The molecule has 1 aliphatic heterocycles. The number of aryl methyl sites for hydroxylation is 2. The Hall–Kier alpha value is -2.91. The van der Waals surface area contributed by atoms with Crippen LogP contribution in [0.2, 0.25) is 0 Å². The number of hydrogen-bond donors (Lipinski definition) is 1. The first-order valence-electron chi connectivity index (χ1n) is 10.3. The number of nitrogens with one attached hydrogen (secondary N) is 1. The minimum atomic E-state index is -3.23. The van der Waals surface area contributed by atoms with Crippen molar-refractivity contribution in [2.75, 3.05) is 42.7 Å². The van der Waals surface area contributed by atoms with E-state index in [1.54, 1.807) is 29.6 Å². The summed E-state index contributed by atoms with van der Waals surface area (Å²) in [5.74, 6) is -0.0673. The van der Waals surface area contributed by atoms with Crippen molar-refractivity contribution in [3.05, 3.63) is 64.7 Å². The zero-order valence-corrected chi connectivity index (χ0v) is 20.0. The van der Waals surface area contributed by atoms with Crippen LogP contribution >= 0.6 is 11.3 Å². The molecule has 9 heteroatoms. The summed E-state index contributed by atoms with van der Waals surface area (Å²) in [6.07, 6.45) is 1.18. The quantitative estimate of drug-likeness (QED) is 0.610. The highest BCUT2D eigenvalue weighted by Crippen LogP contribution is 2.25. The Labute approximate surface area is 192 Å². The van der Waals surface area contributed by atoms with Crippen LogP contribution in [0.1, 0.15) is 21.6 Å². The molecule has 32 heavy (non-hydrogen) atoms. The van der Waals surface area contributed by atoms with E-state index < -0.39 is 9.84 Å². The zero-order chi connectivity index (χ0) is 22.9. The predicted octanol–water partition coefficient (Wildman–Crippen LogP) is 3.87. The van der Waals surface area contributed by atoms with Gasteiger partial charge in [-0.3, -0.25) is 4.79 Å². The highest BCUT2D eigenvalue weighted by Gasteiger charge is 2.24. The summed E-state index contributed by atoms with van der Waals surface area (Å²) in [4.78, 5) is 21.8. The highest BCUT2D eigenvalue weighted by atomic mass is 32.2. The highest BCUT2D eigenvalue weighted by molar-refractivity contribution is 7.90. The molecule has 1 amide bonds. The fourth-order valence-electron chi connectivity index (χ4n) is 3.71. The topological polar surface area (TPSA) is 82.6 Å². The van der Waals surface area contributed by atoms with Gasteiger partial charge >= 0.3 is 0 Å². The first kappa shape index (κ1) is 22.3. The average Bonchev–Trinajstić information content (AvgIpc) is 3.23. The molecule has 2 aromatic carbocycles. The molecule has 3 aromatic rings. The van der Waals surface area contributed by atoms with Crippen LogP contribution in [0, 0.1) is 13.8 Å². The predicted molar refractivity (Wildman–Crippen MR) is 129 cm³/mol. The van der Waals surface area contributed by atoms with Crippen LogP contribution in [-0.4, -0.2) is 56.6 Å². The van der Waals surface area contributed by atoms with Gasteiger partial charge in [0, 0.05) is 49.2 Å². The standard InChI is InChI=1S/C23H26N4O3S2/c1-16-4-5-17(2)21(14-16)26-10-12-27(13-11-26)22(28)20-15-31-23(25-20)24-18-6-8-19(9-7-18)32(3,29)30/h4-9,14-15H,10-13H2,1-3H3,(H,24,25). The lowest BCUT2D eigenvalue weighted by Crippen LogP contribution is -2.49. The second-order valence-corrected chi connectivity index (χ2v) is 10.9. The van der Waals surface area contributed by atoms with E-state index in [2.05, 4.69) is 47.2 Å². The first-order chi connectivity index (χ1) is 15.2. The number of carbonyl (C=O) groups excluding carboxylic acids is 1. The lowest BCUT2D eigenvalue weighted by Gasteiger charge is -2.36. The maximum Gasteiger partial charge on any atom is 0.273 e. The molecule has 4 rings (SSSR count). The van der Waals surface area contributed by atoms with Gasteiger partial charge in [0.05, 0.1) is 4.90 Å². The molecule has 0 aliphatic carbocycles. The number of rotatable bonds is 5. The average molecular weight is 471 g/mol. The number of piperazine rings is 1. The number of amides is 1. The van der Waals surface area contributed by atoms with E-state index >= 15 is 0 Å². The van der Waals surface area contributed by atoms with Crippen molar-refractivity contribution in [1.29, 1.82) is 0 Å². The third-order valence-corrected chi connectivity index (χ3v) is 7.42. The van der Waals surface area contributed by atoms with E-state index in [0.717, 1.165) is 13.1 Å². The molecule has 2 heterocycles. The maximum atomic E-state index is 12.9. The molecule has 0 radical (unpaired) electrons. The van der Waals surface area contributed by atoms with Gasteiger partial charge in [0.25, 0.3) is 5.91 Å². The number of hydrogen-bond acceptors (Lipinski definition) is 7. The van der Waals surface area contributed by atoms with Crippen molar-refractivity contribution in [2.24, 2.45) is 0 Å². The van der Waals surface area contributed by atoms with Gasteiger partial charge in [0.2, 0.25) is 0 Å². The smallest absolute Gasteiger partial charge is 0.273 e. The van der Waals surface area contributed by atoms with Gasteiger partial charge in [-0.2, -0.15) is 0 Å². The van der Waals surface area contributed by atoms with Crippen molar-refractivity contribution < 1.29 is 13.2 Å². The van der Waals surface area contributed by atoms with Crippen molar-refractivity contribution in [3.63, 3.8) is 0 Å². The Balaban J connectivity index is 1.37. The molecule has 1 aromatic heterocycles. The molecule has 0 unspecified atom stereocenters. The van der Waals surface area contributed by atoms with Crippen LogP contribution in [0.25, 0.3) is 0 Å². The lowest BCUT2D eigenvalue weighted by atomic mass is 10.1. The van der Waals surface area contributed by atoms with Gasteiger partial charge in [-0.1, -0.05) is 12.1 Å². The van der Waals surface area contributed by atoms with Crippen molar-refractivity contribution in [2.45, 2.75) is 18.7 Å². The van der Waals surface area contributed by atoms with E-state index in [0.29, 0.717) is 29.6 Å². The number of carbonyl (C=O) groups is 1. The monoisotopic (exact) mass is 470 g/mol. The third-order valence-electron chi connectivity index (χ3n) is 5.53. The normalized spacial score (nSPS) is 14.5. The summed E-state index contributed by atoms with van der Waals surface area (Å²) in [5.41, 5.74) is 4.85. The zero-order valence-electron chi connectivity index (χ0n) is 18.3. The molecular formula is C23H26N4O3S2. The number of benzene rings is 2. The minimum Gasteiger partial charge on any atom is -0.368 e. The lowest BCUT2D eigenvalue weighted by molar-refractivity contribution is 0.0741. The SMILES string of the molecule is Cc1ccc(C)c(N2CCN(C(=O)c3csc(Nc4ccc(S(C)(=O)=O)cc4)n3)CC2)c1. The van der Waals surface area contributed by atoms with Crippen LogP contribution in [0.3, 0.4) is 0 Å². The summed E-state index contributed by atoms with van der Waals surface area (Å²) >= 11 is 1.35. The van der Waals surface area contributed by atoms with Crippen LogP contribution < -0.4 is 10.2 Å². The van der Waals surface area contributed by atoms with Gasteiger partial charge in [0.15, 0.2) is 15.0 Å². The third kappa shape index (κ3) is 4.94. The molecule has 0 atom stereocenters. The number of anilines is 3. The second-order valence-electron chi connectivity index (χ2n) is 8.03. The first-order valence-corrected chi connectivity index (χ1v) is 13.1. The Bertz CT molecular complexity index is 1230. The van der Waals surface area contributed by atoms with Gasteiger partial charge in [-0.15, -0.1) is 11.3 Å². The fraction of sp³-hybridized carbons (Fsp3) is 0.304. The maximum absolute atomic E-state index is 12.9. The Morgan fingerprint density at radius 1 is 1.03 bits per heavy atom. The molecule has 0 saturated carbocycles. The number of sulfone groups is 1. The molecule has 1 N–H and O–H groups in total. The van der Waals surface area contributed by atoms with E-state index in [9.17, 15) is 13.2 Å². The van der Waals surface area contributed by atoms with E-state index in [1.807, 2.05) is 4.90 Å².